The molecule has 0 amide bonds. The van der Waals surface area contributed by atoms with Crippen molar-refractivity contribution in [3.05, 3.63) is 35.0 Å². The molecule has 1 aromatic heterocycles. The number of halogens is 1. The lowest BCUT2D eigenvalue weighted by atomic mass is 10.1. The van der Waals surface area contributed by atoms with E-state index in [-0.39, 0.29) is 6.04 Å². The van der Waals surface area contributed by atoms with Gasteiger partial charge in [0.15, 0.2) is 0 Å². The van der Waals surface area contributed by atoms with Crippen LogP contribution in [0.4, 0.5) is 0 Å². The van der Waals surface area contributed by atoms with Crippen molar-refractivity contribution < 1.29 is 0 Å². The molecule has 1 aromatic carbocycles. The number of fused-ring (bicyclic) bond motifs is 1. The molecule has 1 N–H and O–H groups in total. The minimum absolute atomic E-state index is 0.0851. The minimum atomic E-state index is -1.42. The number of aromatic nitrogens is 1. The van der Waals surface area contributed by atoms with Gasteiger partial charge in [0.25, 0.3) is 0 Å². The summed E-state index contributed by atoms with van der Waals surface area (Å²) in [6.45, 7) is 9.09. The highest BCUT2D eigenvalue weighted by molar-refractivity contribution is 6.83. The third kappa shape index (κ3) is 3.83. The maximum Gasteiger partial charge on any atom is 0.129 e. The number of hydrogen-bond donors (Lipinski definition) is 1. The molecule has 3 rings (SSSR count). The molecule has 0 aliphatic carbocycles. The number of benzene rings is 1. The van der Waals surface area contributed by atoms with E-state index in [1.807, 2.05) is 12.1 Å². The average Bonchev–Trinajstić information content (AvgIpc) is 2.85. The minimum Gasteiger partial charge on any atom is -0.355 e. The molecule has 0 saturated carbocycles. The Kier molecular flexibility index (Phi) is 4.87. The summed E-state index contributed by atoms with van der Waals surface area (Å²) < 4.78 is 0. The number of hydrogen-bond acceptors (Lipinski definition) is 1. The quantitative estimate of drug-likeness (QED) is 0.583. The smallest absolute Gasteiger partial charge is 0.129 e. The first kappa shape index (κ1) is 16.6. The van der Waals surface area contributed by atoms with Gasteiger partial charge in [0.1, 0.15) is 14.1 Å². The van der Waals surface area contributed by atoms with Crippen molar-refractivity contribution >= 4 is 30.6 Å². The second-order valence-corrected chi connectivity index (χ2v) is 12.5. The van der Waals surface area contributed by atoms with Crippen LogP contribution in [-0.2, 0) is 0 Å². The number of aromatic amines is 1. The highest BCUT2D eigenvalue weighted by atomic mass is 35.5. The number of rotatable bonds is 2. The van der Waals surface area contributed by atoms with Crippen molar-refractivity contribution in [1.82, 2.24) is 9.88 Å². The molecule has 0 spiro atoms. The molecule has 1 atom stereocenters. The van der Waals surface area contributed by atoms with Crippen LogP contribution in [0.2, 0.25) is 24.7 Å². The molecule has 0 bridgehead atoms. The van der Waals surface area contributed by atoms with Gasteiger partial charge in [0.2, 0.25) is 0 Å². The summed E-state index contributed by atoms with van der Waals surface area (Å²) in [5.41, 5.74) is 5.73. The monoisotopic (exact) mass is 344 g/mol. The van der Waals surface area contributed by atoms with Gasteiger partial charge < -0.3 is 4.98 Å². The standard InChI is InChI=1S/C19H25ClN2Si/c1-23(2,3)14-11-17(22-12-7-4-8-13-22)19-18(20)15-9-5-6-10-16(15)21-19/h5-6,9-10,17,21H,4,7-8,12-13H2,1-3H3. The molecule has 1 saturated heterocycles. The lowest BCUT2D eigenvalue weighted by molar-refractivity contribution is 0.195. The van der Waals surface area contributed by atoms with Gasteiger partial charge >= 0.3 is 0 Å². The number of piperidine rings is 1. The molecule has 1 aliphatic rings. The number of H-pyrrole nitrogens is 1. The van der Waals surface area contributed by atoms with Crippen molar-refractivity contribution in [2.45, 2.75) is 44.9 Å². The van der Waals surface area contributed by atoms with Gasteiger partial charge in [-0.15, -0.1) is 5.54 Å². The lowest BCUT2D eigenvalue weighted by Gasteiger charge is -2.31. The van der Waals surface area contributed by atoms with Gasteiger partial charge in [-0.2, -0.15) is 0 Å². The lowest BCUT2D eigenvalue weighted by Crippen LogP contribution is -2.34. The van der Waals surface area contributed by atoms with Gasteiger partial charge in [-0.1, -0.05) is 61.8 Å². The maximum atomic E-state index is 6.71. The second kappa shape index (κ2) is 6.73. The SMILES string of the molecule is C[Si](C)(C)C#CC(c1[nH]c2ccccc2c1Cl)N1CCCCC1. The van der Waals surface area contributed by atoms with Crippen LogP contribution in [0.15, 0.2) is 24.3 Å². The van der Waals surface area contributed by atoms with E-state index < -0.39 is 8.07 Å². The van der Waals surface area contributed by atoms with Crippen LogP contribution in [0, 0.1) is 11.5 Å². The Hall–Kier alpha value is -1.21. The fraction of sp³-hybridized carbons (Fsp3) is 0.474. The van der Waals surface area contributed by atoms with E-state index in [1.54, 1.807) is 0 Å². The van der Waals surface area contributed by atoms with Crippen LogP contribution < -0.4 is 0 Å². The van der Waals surface area contributed by atoms with Crippen molar-refractivity contribution in [2.24, 2.45) is 0 Å². The van der Waals surface area contributed by atoms with Crippen molar-refractivity contribution in [1.29, 1.82) is 0 Å². The van der Waals surface area contributed by atoms with Crippen LogP contribution in [0.3, 0.4) is 0 Å². The summed E-state index contributed by atoms with van der Waals surface area (Å²) in [6.07, 6.45) is 3.83. The van der Waals surface area contributed by atoms with Crippen molar-refractivity contribution in [3.8, 4) is 11.5 Å². The molecule has 2 aromatic rings. The summed E-state index contributed by atoms with van der Waals surface area (Å²) in [5, 5.41) is 1.93. The zero-order valence-corrected chi connectivity index (χ0v) is 16.0. The first-order valence-electron chi connectivity index (χ1n) is 8.48. The summed E-state index contributed by atoms with van der Waals surface area (Å²) in [7, 11) is -1.42. The van der Waals surface area contributed by atoms with Gasteiger partial charge in [0, 0.05) is 10.9 Å². The molecule has 1 aliphatic heterocycles. The predicted octanol–water partition coefficient (Wildman–Crippen LogP) is 5.23. The van der Waals surface area contributed by atoms with Crippen LogP contribution in [0.5, 0.6) is 0 Å². The largest absolute Gasteiger partial charge is 0.355 e. The Balaban J connectivity index is 2.04. The van der Waals surface area contributed by atoms with Gasteiger partial charge in [-0.25, -0.2) is 0 Å². The van der Waals surface area contributed by atoms with Crippen molar-refractivity contribution in [3.63, 3.8) is 0 Å². The van der Waals surface area contributed by atoms with E-state index in [1.165, 1.54) is 19.3 Å². The van der Waals surface area contributed by atoms with E-state index in [2.05, 4.69) is 53.1 Å². The fourth-order valence-electron chi connectivity index (χ4n) is 3.12. The van der Waals surface area contributed by atoms with Crippen LogP contribution >= 0.6 is 11.6 Å². The first-order valence-corrected chi connectivity index (χ1v) is 12.4. The first-order chi connectivity index (χ1) is 11.0. The fourth-order valence-corrected chi connectivity index (χ4v) is 4.01. The molecule has 0 radical (unpaired) electrons. The zero-order valence-electron chi connectivity index (χ0n) is 14.2. The van der Waals surface area contributed by atoms with Gasteiger partial charge in [-0.3, -0.25) is 4.90 Å². The molecular weight excluding hydrogens is 320 g/mol. The number of nitrogens with zero attached hydrogens (tertiary/aromatic N) is 1. The Bertz CT molecular complexity index is 742. The summed E-state index contributed by atoms with van der Waals surface area (Å²) in [6, 6.07) is 8.33. The maximum absolute atomic E-state index is 6.71. The van der Waals surface area contributed by atoms with Crippen LogP contribution in [-0.4, -0.2) is 31.0 Å². The van der Waals surface area contributed by atoms with E-state index >= 15 is 0 Å². The predicted molar refractivity (Wildman–Crippen MR) is 103 cm³/mol. The number of likely N-dealkylation sites (tertiary alicyclic amines) is 1. The molecular formula is C19H25ClN2Si. The van der Waals surface area contributed by atoms with E-state index in [0.717, 1.165) is 34.7 Å². The van der Waals surface area contributed by atoms with E-state index in [0.29, 0.717) is 0 Å². The zero-order chi connectivity index (χ0) is 16.4. The molecule has 1 unspecified atom stereocenters. The molecule has 23 heavy (non-hydrogen) atoms. The third-order valence-electron chi connectivity index (χ3n) is 4.28. The topological polar surface area (TPSA) is 19.0 Å². The Morgan fingerprint density at radius 3 is 2.48 bits per heavy atom. The van der Waals surface area contributed by atoms with Gasteiger partial charge in [0.05, 0.1) is 10.7 Å². The molecule has 122 valence electrons. The molecule has 2 nitrogen and oxygen atoms in total. The normalized spacial score (nSPS) is 17.7. The molecule has 1 fully saturated rings. The molecule has 4 heteroatoms. The second-order valence-electron chi connectivity index (χ2n) is 7.42. The highest BCUT2D eigenvalue weighted by Gasteiger charge is 2.25. The molecule has 2 heterocycles. The van der Waals surface area contributed by atoms with Crippen LogP contribution in [0.1, 0.15) is 31.0 Å². The van der Waals surface area contributed by atoms with E-state index in [4.69, 9.17) is 11.6 Å². The van der Waals surface area contributed by atoms with Crippen LogP contribution in [0.25, 0.3) is 10.9 Å². The van der Waals surface area contributed by atoms with Crippen molar-refractivity contribution in [2.75, 3.05) is 13.1 Å². The Morgan fingerprint density at radius 1 is 1.13 bits per heavy atom. The number of nitrogens with one attached hydrogen (secondary N) is 1. The average molecular weight is 345 g/mol. The Morgan fingerprint density at radius 2 is 1.83 bits per heavy atom. The summed E-state index contributed by atoms with van der Waals surface area (Å²) in [4.78, 5) is 6.03. The number of para-hydroxylation sites is 1. The highest BCUT2D eigenvalue weighted by Crippen LogP contribution is 2.34. The van der Waals surface area contributed by atoms with Gasteiger partial charge in [-0.05, 0) is 32.0 Å². The summed E-state index contributed by atoms with van der Waals surface area (Å²) >= 11 is 6.71. The Labute approximate surface area is 145 Å². The third-order valence-corrected chi connectivity index (χ3v) is 5.58. The summed E-state index contributed by atoms with van der Waals surface area (Å²) in [5.74, 6) is 3.57. The van der Waals surface area contributed by atoms with E-state index in [9.17, 15) is 0 Å².